The maximum absolute atomic E-state index is 12.5. The Labute approximate surface area is 147 Å². The van der Waals surface area contributed by atoms with Crippen LogP contribution in [0.25, 0.3) is 6.08 Å². The average molecular weight is 341 g/mol. The first-order valence-corrected chi connectivity index (χ1v) is 8.27. The van der Waals surface area contributed by atoms with Gasteiger partial charge in [-0.15, -0.1) is 0 Å². The molecule has 25 heavy (non-hydrogen) atoms. The van der Waals surface area contributed by atoms with Crippen molar-refractivity contribution in [3.63, 3.8) is 0 Å². The SMILES string of the molecule is CC(C)CCN(CC(=O)Nc1ccon1)C(=O)/C=C/c1ccccc1. The van der Waals surface area contributed by atoms with Crippen LogP contribution >= 0.6 is 0 Å². The van der Waals surface area contributed by atoms with Crippen LogP contribution in [0.15, 0.2) is 53.3 Å². The van der Waals surface area contributed by atoms with Crippen LogP contribution < -0.4 is 5.32 Å². The van der Waals surface area contributed by atoms with Gasteiger partial charge in [-0.05, 0) is 24.0 Å². The number of hydrogen-bond donors (Lipinski definition) is 1. The Morgan fingerprint density at radius 1 is 1.24 bits per heavy atom. The summed E-state index contributed by atoms with van der Waals surface area (Å²) in [7, 11) is 0. The monoisotopic (exact) mass is 341 g/mol. The molecule has 0 aliphatic carbocycles. The fraction of sp³-hybridized carbons (Fsp3) is 0.316. The highest BCUT2D eigenvalue weighted by Crippen LogP contribution is 2.07. The lowest BCUT2D eigenvalue weighted by molar-refractivity contribution is -0.130. The normalized spacial score (nSPS) is 11.0. The molecule has 2 rings (SSSR count). The lowest BCUT2D eigenvalue weighted by atomic mass is 10.1. The van der Waals surface area contributed by atoms with Gasteiger partial charge in [0.05, 0.1) is 0 Å². The Morgan fingerprint density at radius 3 is 2.64 bits per heavy atom. The molecular weight excluding hydrogens is 318 g/mol. The first-order valence-electron chi connectivity index (χ1n) is 8.27. The van der Waals surface area contributed by atoms with E-state index in [1.54, 1.807) is 12.1 Å². The summed E-state index contributed by atoms with van der Waals surface area (Å²) in [5.74, 6) is 0.270. The standard InChI is InChI=1S/C19H23N3O3/c1-15(2)10-12-22(14-18(23)20-17-11-13-25-21-17)19(24)9-8-16-6-4-3-5-7-16/h3-9,11,13,15H,10,12,14H2,1-2H3,(H,20,21,23)/b9-8+. The summed E-state index contributed by atoms with van der Waals surface area (Å²) in [6, 6.07) is 11.1. The first kappa shape index (κ1) is 18.4. The minimum Gasteiger partial charge on any atom is -0.363 e. The predicted octanol–water partition coefficient (Wildman–Crippen LogP) is 3.20. The van der Waals surface area contributed by atoms with E-state index in [0.29, 0.717) is 18.3 Å². The van der Waals surface area contributed by atoms with Gasteiger partial charge in [-0.25, -0.2) is 0 Å². The number of rotatable bonds is 8. The highest BCUT2D eigenvalue weighted by molar-refractivity contribution is 5.97. The molecule has 0 fully saturated rings. The number of nitrogens with zero attached hydrogens (tertiary/aromatic N) is 2. The highest BCUT2D eigenvalue weighted by Gasteiger charge is 2.16. The van der Waals surface area contributed by atoms with Crippen LogP contribution in [-0.2, 0) is 9.59 Å². The van der Waals surface area contributed by atoms with Gasteiger partial charge in [0.25, 0.3) is 0 Å². The minimum atomic E-state index is -0.306. The topological polar surface area (TPSA) is 75.4 Å². The van der Waals surface area contributed by atoms with Crippen molar-refractivity contribution in [1.29, 1.82) is 0 Å². The van der Waals surface area contributed by atoms with Crippen molar-refractivity contribution >= 4 is 23.7 Å². The lowest BCUT2D eigenvalue weighted by Crippen LogP contribution is -2.38. The van der Waals surface area contributed by atoms with E-state index in [1.807, 2.05) is 30.3 Å². The number of nitrogens with one attached hydrogen (secondary N) is 1. The number of hydrogen-bond acceptors (Lipinski definition) is 4. The van der Waals surface area contributed by atoms with Crippen LogP contribution in [0, 0.1) is 5.92 Å². The van der Waals surface area contributed by atoms with Crippen molar-refractivity contribution < 1.29 is 14.1 Å². The van der Waals surface area contributed by atoms with Gasteiger partial charge in [-0.2, -0.15) is 0 Å². The molecule has 0 atom stereocenters. The molecule has 1 heterocycles. The molecule has 6 heteroatoms. The van der Waals surface area contributed by atoms with Crippen molar-refractivity contribution in [2.24, 2.45) is 5.92 Å². The molecule has 1 aromatic carbocycles. The van der Waals surface area contributed by atoms with Gasteiger partial charge < -0.3 is 14.7 Å². The Morgan fingerprint density at radius 2 is 2.00 bits per heavy atom. The van der Waals surface area contributed by atoms with E-state index in [-0.39, 0.29) is 18.4 Å². The third kappa shape index (κ3) is 6.63. The summed E-state index contributed by atoms with van der Waals surface area (Å²) in [5, 5.41) is 6.24. The van der Waals surface area contributed by atoms with Gasteiger partial charge in [0.1, 0.15) is 12.8 Å². The Bertz CT molecular complexity index is 694. The molecule has 1 aromatic heterocycles. The molecule has 0 bridgehead atoms. The number of amides is 2. The summed E-state index contributed by atoms with van der Waals surface area (Å²) in [6.45, 7) is 4.65. The van der Waals surface area contributed by atoms with Gasteiger partial charge in [0.15, 0.2) is 5.82 Å². The molecule has 2 aromatic rings. The highest BCUT2D eigenvalue weighted by atomic mass is 16.5. The molecule has 1 N–H and O–H groups in total. The number of anilines is 1. The Hall–Kier alpha value is -2.89. The Kier molecular flexibility index (Phi) is 6.95. The number of aromatic nitrogens is 1. The largest absolute Gasteiger partial charge is 0.363 e. The van der Waals surface area contributed by atoms with E-state index in [4.69, 9.17) is 0 Å². The van der Waals surface area contributed by atoms with Gasteiger partial charge >= 0.3 is 0 Å². The fourth-order valence-electron chi connectivity index (χ4n) is 2.15. The van der Waals surface area contributed by atoms with E-state index in [9.17, 15) is 9.59 Å². The molecule has 0 aliphatic rings. The van der Waals surface area contributed by atoms with E-state index in [1.165, 1.54) is 17.2 Å². The number of benzene rings is 1. The fourth-order valence-corrected chi connectivity index (χ4v) is 2.15. The summed E-state index contributed by atoms with van der Waals surface area (Å²) in [4.78, 5) is 26.2. The second-order valence-corrected chi connectivity index (χ2v) is 6.12. The third-order valence-corrected chi connectivity index (χ3v) is 3.55. The molecule has 0 spiro atoms. The second-order valence-electron chi connectivity index (χ2n) is 6.12. The predicted molar refractivity (Wildman–Crippen MR) is 96.6 cm³/mol. The molecular formula is C19H23N3O3. The number of carbonyl (C=O) groups excluding carboxylic acids is 2. The van der Waals surface area contributed by atoms with Crippen LogP contribution in [0.4, 0.5) is 5.82 Å². The average Bonchev–Trinajstić information content (AvgIpc) is 3.10. The van der Waals surface area contributed by atoms with Crippen molar-refractivity contribution in [2.45, 2.75) is 20.3 Å². The van der Waals surface area contributed by atoms with Crippen molar-refractivity contribution in [2.75, 3.05) is 18.4 Å². The van der Waals surface area contributed by atoms with Gasteiger partial charge in [-0.1, -0.05) is 49.3 Å². The van der Waals surface area contributed by atoms with E-state index in [0.717, 1.165) is 12.0 Å². The van der Waals surface area contributed by atoms with Crippen LogP contribution in [0.3, 0.4) is 0 Å². The first-order chi connectivity index (χ1) is 12.0. The van der Waals surface area contributed by atoms with Gasteiger partial charge in [0.2, 0.25) is 11.8 Å². The summed E-state index contributed by atoms with van der Waals surface area (Å²) in [5.41, 5.74) is 0.937. The molecule has 6 nitrogen and oxygen atoms in total. The van der Waals surface area contributed by atoms with Crippen LogP contribution in [0.5, 0.6) is 0 Å². The number of carbonyl (C=O) groups is 2. The third-order valence-electron chi connectivity index (χ3n) is 3.55. The molecule has 0 saturated heterocycles. The molecule has 0 aliphatic heterocycles. The van der Waals surface area contributed by atoms with E-state index in [2.05, 4.69) is 28.8 Å². The quantitative estimate of drug-likeness (QED) is 0.748. The van der Waals surface area contributed by atoms with Crippen molar-refractivity contribution in [3.8, 4) is 0 Å². The maximum Gasteiger partial charge on any atom is 0.247 e. The van der Waals surface area contributed by atoms with Gasteiger partial charge in [-0.3, -0.25) is 9.59 Å². The maximum atomic E-state index is 12.5. The zero-order valence-corrected chi connectivity index (χ0v) is 14.5. The van der Waals surface area contributed by atoms with Crippen LogP contribution in [0.1, 0.15) is 25.8 Å². The summed E-state index contributed by atoms with van der Waals surface area (Å²) in [6.07, 6.45) is 5.45. The molecule has 2 amide bonds. The van der Waals surface area contributed by atoms with Crippen LogP contribution in [0.2, 0.25) is 0 Å². The molecule has 0 saturated carbocycles. The smallest absolute Gasteiger partial charge is 0.247 e. The Balaban J connectivity index is 1.99. The second kappa shape index (κ2) is 9.42. The molecule has 0 radical (unpaired) electrons. The minimum absolute atomic E-state index is 0.0302. The van der Waals surface area contributed by atoms with Crippen molar-refractivity contribution in [1.82, 2.24) is 10.1 Å². The van der Waals surface area contributed by atoms with Crippen LogP contribution in [-0.4, -0.2) is 35.0 Å². The summed E-state index contributed by atoms with van der Waals surface area (Å²) < 4.78 is 4.68. The molecule has 0 unspecified atom stereocenters. The zero-order chi connectivity index (χ0) is 18.1. The lowest BCUT2D eigenvalue weighted by Gasteiger charge is -2.21. The van der Waals surface area contributed by atoms with Gasteiger partial charge in [0, 0.05) is 18.7 Å². The van der Waals surface area contributed by atoms with E-state index >= 15 is 0 Å². The van der Waals surface area contributed by atoms with Crippen molar-refractivity contribution in [3.05, 3.63) is 54.3 Å². The molecule has 132 valence electrons. The van der Waals surface area contributed by atoms with E-state index < -0.39 is 0 Å². The summed E-state index contributed by atoms with van der Waals surface area (Å²) >= 11 is 0. The zero-order valence-electron chi connectivity index (χ0n) is 14.5.